The largest absolute Gasteiger partial charge is 0.497 e. The summed E-state index contributed by atoms with van der Waals surface area (Å²) in [7, 11) is 1.64. The number of amides is 2. The first-order valence-electron chi connectivity index (χ1n) is 10.7. The second-order valence-corrected chi connectivity index (χ2v) is 7.74. The first kappa shape index (κ1) is 21.2. The zero-order chi connectivity index (χ0) is 21.6. The van der Waals surface area contributed by atoms with Gasteiger partial charge in [0.1, 0.15) is 18.1 Å². The third-order valence-corrected chi connectivity index (χ3v) is 5.73. The second kappa shape index (κ2) is 9.83. The SMILES string of the molecule is COc1ccc(CCC(=O)N2CCOc3ccc(C(=O)N4CCOCC4)cc3C2)cc1. The van der Waals surface area contributed by atoms with Crippen LogP contribution in [0.2, 0.25) is 0 Å². The molecule has 1 saturated heterocycles. The zero-order valence-corrected chi connectivity index (χ0v) is 17.8. The molecule has 2 amide bonds. The molecule has 0 saturated carbocycles. The Hall–Kier alpha value is -3.06. The van der Waals surface area contributed by atoms with E-state index in [1.54, 1.807) is 18.1 Å². The highest BCUT2D eigenvalue weighted by Gasteiger charge is 2.23. The number of methoxy groups -OCH3 is 1. The standard InChI is InChI=1S/C24H28N2O5/c1-29-21-6-2-18(3-7-21)4-9-23(27)26-12-15-31-22-8-5-19(16-20(22)17-26)24(28)25-10-13-30-14-11-25/h2-3,5-8,16H,4,9-15,17H2,1H3. The van der Waals surface area contributed by atoms with Gasteiger partial charge in [-0.25, -0.2) is 0 Å². The maximum atomic E-state index is 12.9. The van der Waals surface area contributed by atoms with E-state index in [1.165, 1.54) is 0 Å². The van der Waals surface area contributed by atoms with E-state index in [2.05, 4.69) is 0 Å². The number of ether oxygens (including phenoxy) is 3. The van der Waals surface area contributed by atoms with Gasteiger partial charge in [-0.15, -0.1) is 0 Å². The normalized spacial score (nSPS) is 16.2. The number of morpholine rings is 1. The van der Waals surface area contributed by atoms with Crippen molar-refractivity contribution in [1.29, 1.82) is 0 Å². The highest BCUT2D eigenvalue weighted by Crippen LogP contribution is 2.26. The summed E-state index contributed by atoms with van der Waals surface area (Å²) in [5, 5.41) is 0. The summed E-state index contributed by atoms with van der Waals surface area (Å²) in [6, 6.07) is 13.3. The third kappa shape index (κ3) is 5.17. The van der Waals surface area contributed by atoms with Crippen LogP contribution in [0, 0.1) is 0 Å². The molecule has 7 heteroatoms. The van der Waals surface area contributed by atoms with Crippen molar-refractivity contribution in [2.75, 3.05) is 46.6 Å². The van der Waals surface area contributed by atoms with Gasteiger partial charge in [0.25, 0.3) is 5.91 Å². The van der Waals surface area contributed by atoms with Crippen LogP contribution in [-0.4, -0.2) is 68.2 Å². The van der Waals surface area contributed by atoms with E-state index in [1.807, 2.05) is 41.3 Å². The Kier molecular flexibility index (Phi) is 6.72. The molecule has 0 spiro atoms. The minimum atomic E-state index is -0.00673. The molecule has 2 aromatic carbocycles. The number of nitrogens with zero attached hydrogens (tertiary/aromatic N) is 2. The number of aryl methyl sites for hydroxylation is 1. The van der Waals surface area contributed by atoms with Crippen LogP contribution in [0.5, 0.6) is 11.5 Å². The molecular weight excluding hydrogens is 396 g/mol. The maximum absolute atomic E-state index is 12.9. The molecule has 2 aromatic rings. The maximum Gasteiger partial charge on any atom is 0.254 e. The molecule has 2 heterocycles. The van der Waals surface area contributed by atoms with E-state index in [-0.39, 0.29) is 11.8 Å². The lowest BCUT2D eigenvalue weighted by Crippen LogP contribution is -2.40. The summed E-state index contributed by atoms with van der Waals surface area (Å²) in [6.07, 6.45) is 1.09. The van der Waals surface area contributed by atoms with E-state index in [9.17, 15) is 9.59 Å². The molecule has 0 unspecified atom stereocenters. The Morgan fingerprint density at radius 2 is 1.71 bits per heavy atom. The lowest BCUT2D eigenvalue weighted by atomic mass is 10.1. The molecule has 0 bridgehead atoms. The van der Waals surface area contributed by atoms with Gasteiger partial charge in [-0.1, -0.05) is 12.1 Å². The van der Waals surface area contributed by atoms with Crippen LogP contribution in [0.1, 0.15) is 27.9 Å². The fraction of sp³-hybridized carbons (Fsp3) is 0.417. The van der Waals surface area contributed by atoms with Crippen LogP contribution >= 0.6 is 0 Å². The predicted octanol–water partition coefficient (Wildman–Crippen LogP) is 2.52. The molecule has 2 aliphatic heterocycles. The molecule has 0 aromatic heterocycles. The summed E-state index contributed by atoms with van der Waals surface area (Å²) < 4.78 is 16.4. The minimum absolute atomic E-state index is 0.00673. The lowest BCUT2D eigenvalue weighted by Gasteiger charge is -2.27. The van der Waals surface area contributed by atoms with Gasteiger partial charge in [0.05, 0.1) is 26.9 Å². The van der Waals surface area contributed by atoms with Crippen molar-refractivity contribution in [3.63, 3.8) is 0 Å². The molecule has 0 N–H and O–H groups in total. The van der Waals surface area contributed by atoms with Crippen LogP contribution in [0.4, 0.5) is 0 Å². The highest BCUT2D eigenvalue weighted by atomic mass is 16.5. The van der Waals surface area contributed by atoms with Crippen molar-refractivity contribution in [2.24, 2.45) is 0 Å². The summed E-state index contributed by atoms with van der Waals surface area (Å²) >= 11 is 0. The zero-order valence-electron chi connectivity index (χ0n) is 17.8. The third-order valence-electron chi connectivity index (χ3n) is 5.73. The second-order valence-electron chi connectivity index (χ2n) is 7.74. The van der Waals surface area contributed by atoms with Crippen LogP contribution in [0.25, 0.3) is 0 Å². The Balaban J connectivity index is 1.41. The van der Waals surface area contributed by atoms with Gasteiger partial charge in [0.2, 0.25) is 5.91 Å². The van der Waals surface area contributed by atoms with Crippen molar-refractivity contribution in [2.45, 2.75) is 19.4 Å². The minimum Gasteiger partial charge on any atom is -0.497 e. The van der Waals surface area contributed by atoms with Crippen molar-refractivity contribution in [3.8, 4) is 11.5 Å². The Morgan fingerprint density at radius 3 is 2.45 bits per heavy atom. The van der Waals surface area contributed by atoms with E-state index < -0.39 is 0 Å². The Bertz CT molecular complexity index is 922. The molecule has 31 heavy (non-hydrogen) atoms. The summed E-state index contributed by atoms with van der Waals surface area (Å²) in [5.74, 6) is 1.62. The smallest absolute Gasteiger partial charge is 0.254 e. The first-order valence-corrected chi connectivity index (χ1v) is 10.7. The van der Waals surface area contributed by atoms with Crippen molar-refractivity contribution >= 4 is 11.8 Å². The van der Waals surface area contributed by atoms with Gasteiger partial charge >= 0.3 is 0 Å². The number of rotatable bonds is 5. The molecule has 1 fully saturated rings. The van der Waals surface area contributed by atoms with E-state index in [0.717, 1.165) is 22.6 Å². The van der Waals surface area contributed by atoms with Gasteiger partial charge in [-0.2, -0.15) is 0 Å². The number of carbonyl (C=O) groups is 2. The van der Waals surface area contributed by atoms with Crippen molar-refractivity contribution < 1.29 is 23.8 Å². The average Bonchev–Trinajstić information content (AvgIpc) is 3.05. The number of hydrogen-bond acceptors (Lipinski definition) is 5. The lowest BCUT2D eigenvalue weighted by molar-refractivity contribution is -0.131. The van der Waals surface area contributed by atoms with Gasteiger partial charge in [-0.05, 0) is 42.3 Å². The van der Waals surface area contributed by atoms with E-state index in [0.29, 0.717) is 64.4 Å². The van der Waals surface area contributed by atoms with E-state index in [4.69, 9.17) is 14.2 Å². The number of benzene rings is 2. The highest BCUT2D eigenvalue weighted by molar-refractivity contribution is 5.94. The predicted molar refractivity (Wildman–Crippen MR) is 115 cm³/mol. The Labute approximate surface area is 182 Å². The van der Waals surface area contributed by atoms with Crippen LogP contribution < -0.4 is 9.47 Å². The van der Waals surface area contributed by atoms with Crippen LogP contribution in [0.3, 0.4) is 0 Å². The molecule has 164 valence electrons. The van der Waals surface area contributed by atoms with E-state index >= 15 is 0 Å². The molecule has 0 atom stereocenters. The van der Waals surface area contributed by atoms with Crippen molar-refractivity contribution in [1.82, 2.24) is 9.80 Å². The number of carbonyl (C=O) groups excluding carboxylic acids is 2. The monoisotopic (exact) mass is 424 g/mol. The number of fused-ring (bicyclic) bond motifs is 1. The van der Waals surface area contributed by atoms with Gasteiger partial charge < -0.3 is 24.0 Å². The van der Waals surface area contributed by atoms with Crippen LogP contribution in [-0.2, 0) is 22.5 Å². The van der Waals surface area contributed by atoms with Crippen molar-refractivity contribution in [3.05, 3.63) is 59.2 Å². The summed E-state index contributed by atoms with van der Waals surface area (Å²) in [4.78, 5) is 29.3. The molecule has 7 nitrogen and oxygen atoms in total. The summed E-state index contributed by atoms with van der Waals surface area (Å²) in [5.41, 5.74) is 2.59. The molecule has 0 radical (unpaired) electrons. The topological polar surface area (TPSA) is 68.3 Å². The number of hydrogen-bond donors (Lipinski definition) is 0. The molecular formula is C24H28N2O5. The summed E-state index contributed by atoms with van der Waals surface area (Å²) in [6.45, 7) is 3.75. The first-order chi connectivity index (χ1) is 15.1. The molecule has 0 aliphatic carbocycles. The van der Waals surface area contributed by atoms with Gasteiger partial charge in [0, 0.05) is 37.2 Å². The molecule has 4 rings (SSSR count). The average molecular weight is 424 g/mol. The van der Waals surface area contributed by atoms with Gasteiger partial charge in [0.15, 0.2) is 0 Å². The molecule has 2 aliphatic rings. The quantitative estimate of drug-likeness (QED) is 0.738. The van der Waals surface area contributed by atoms with Crippen LogP contribution in [0.15, 0.2) is 42.5 Å². The fourth-order valence-corrected chi connectivity index (χ4v) is 3.89. The van der Waals surface area contributed by atoms with Gasteiger partial charge in [-0.3, -0.25) is 9.59 Å². The Morgan fingerprint density at radius 1 is 0.968 bits per heavy atom. The fourth-order valence-electron chi connectivity index (χ4n) is 3.89.